The van der Waals surface area contributed by atoms with Crippen LogP contribution in [-0.2, 0) is 0 Å². The van der Waals surface area contributed by atoms with Crippen LogP contribution in [0.1, 0.15) is 31.1 Å². The molecule has 2 N–H and O–H groups in total. The van der Waals surface area contributed by atoms with Crippen LogP contribution in [0.4, 0.5) is 19.3 Å². The summed E-state index contributed by atoms with van der Waals surface area (Å²) in [7, 11) is 1.54. The zero-order valence-electron chi connectivity index (χ0n) is 12.3. The van der Waals surface area contributed by atoms with Gasteiger partial charge in [0.15, 0.2) is 0 Å². The van der Waals surface area contributed by atoms with Crippen molar-refractivity contribution in [1.29, 1.82) is 0 Å². The Balaban J connectivity index is 3.00. The van der Waals surface area contributed by atoms with E-state index in [9.17, 15) is 18.4 Å². The molecule has 0 fully saturated rings. The second-order valence-electron chi connectivity index (χ2n) is 5.14. The normalized spacial score (nSPS) is 12.1. The smallest absolute Gasteiger partial charge is 0.338 e. The molecule has 7 heteroatoms. The average Bonchev–Trinajstić information content (AvgIpc) is 2.39. The zero-order valence-corrected chi connectivity index (χ0v) is 12.3. The molecule has 21 heavy (non-hydrogen) atoms. The molecule has 1 aromatic rings. The Bertz CT molecular complexity index is 561. The van der Waals surface area contributed by atoms with Gasteiger partial charge in [-0.05, 0) is 18.9 Å². The monoisotopic (exact) mass is 300 g/mol. The maximum Gasteiger partial charge on any atom is 0.338 e. The van der Waals surface area contributed by atoms with Crippen LogP contribution >= 0.6 is 0 Å². The van der Waals surface area contributed by atoms with Crippen molar-refractivity contribution in [2.75, 3.05) is 12.4 Å². The number of rotatable bonds is 4. The number of carboxylic acids is 1. The van der Waals surface area contributed by atoms with E-state index in [4.69, 9.17) is 5.11 Å². The number of amides is 2. The van der Waals surface area contributed by atoms with E-state index in [-0.39, 0.29) is 17.6 Å². The molecular weight excluding hydrogens is 282 g/mol. The van der Waals surface area contributed by atoms with Crippen molar-refractivity contribution in [3.05, 3.63) is 29.3 Å². The molecule has 1 unspecified atom stereocenters. The lowest BCUT2D eigenvalue weighted by Crippen LogP contribution is -2.41. The van der Waals surface area contributed by atoms with E-state index >= 15 is 0 Å². The SMILES string of the molecule is CC(C)C(C)N(C)C(=O)Nc1cc(C(=O)O)c(F)cc1F. The molecule has 1 aromatic carbocycles. The maximum atomic E-state index is 13.6. The third-order valence-corrected chi connectivity index (χ3v) is 3.42. The Labute approximate surface area is 121 Å². The molecule has 0 aromatic heterocycles. The molecule has 0 bridgehead atoms. The Morgan fingerprint density at radius 2 is 1.76 bits per heavy atom. The first kappa shape index (κ1) is 16.9. The Morgan fingerprint density at radius 1 is 1.19 bits per heavy atom. The summed E-state index contributed by atoms with van der Waals surface area (Å²) in [6.45, 7) is 5.68. The third-order valence-electron chi connectivity index (χ3n) is 3.42. The summed E-state index contributed by atoms with van der Waals surface area (Å²) in [5.41, 5.74) is -1.08. The summed E-state index contributed by atoms with van der Waals surface area (Å²) in [6.07, 6.45) is 0. The third kappa shape index (κ3) is 3.90. The van der Waals surface area contributed by atoms with Crippen molar-refractivity contribution in [3.8, 4) is 0 Å². The number of hydrogen-bond donors (Lipinski definition) is 2. The quantitative estimate of drug-likeness (QED) is 0.897. The van der Waals surface area contributed by atoms with E-state index in [1.807, 2.05) is 20.8 Å². The molecule has 0 aliphatic rings. The van der Waals surface area contributed by atoms with Gasteiger partial charge in [0.05, 0.1) is 11.3 Å². The number of anilines is 1. The number of halogens is 2. The predicted molar refractivity (Wildman–Crippen MR) is 74.4 cm³/mol. The summed E-state index contributed by atoms with van der Waals surface area (Å²) in [6, 6.07) is 0.495. The summed E-state index contributed by atoms with van der Waals surface area (Å²) < 4.78 is 26.9. The molecule has 116 valence electrons. The summed E-state index contributed by atoms with van der Waals surface area (Å²) in [5.74, 6) is -3.57. The topological polar surface area (TPSA) is 69.6 Å². The van der Waals surface area contributed by atoms with Gasteiger partial charge in [0.25, 0.3) is 0 Å². The van der Waals surface area contributed by atoms with Crippen LogP contribution in [0.25, 0.3) is 0 Å². The van der Waals surface area contributed by atoms with Crippen molar-refractivity contribution >= 4 is 17.7 Å². The molecule has 2 amide bonds. The van der Waals surface area contributed by atoms with Crippen LogP contribution in [0, 0.1) is 17.6 Å². The Morgan fingerprint density at radius 3 is 2.24 bits per heavy atom. The summed E-state index contributed by atoms with van der Waals surface area (Å²) in [4.78, 5) is 24.2. The van der Waals surface area contributed by atoms with Crippen LogP contribution in [-0.4, -0.2) is 35.1 Å². The van der Waals surface area contributed by atoms with Gasteiger partial charge in [-0.15, -0.1) is 0 Å². The highest BCUT2D eigenvalue weighted by atomic mass is 19.1. The minimum Gasteiger partial charge on any atom is -0.478 e. The molecule has 0 aliphatic carbocycles. The van der Waals surface area contributed by atoms with Crippen LogP contribution in [0.2, 0.25) is 0 Å². The van der Waals surface area contributed by atoms with Crippen molar-refractivity contribution in [3.63, 3.8) is 0 Å². The van der Waals surface area contributed by atoms with Gasteiger partial charge in [0.1, 0.15) is 11.6 Å². The molecule has 0 spiro atoms. The number of urea groups is 1. The molecule has 0 saturated heterocycles. The van der Waals surface area contributed by atoms with Gasteiger partial charge in [-0.25, -0.2) is 18.4 Å². The molecule has 1 atom stereocenters. The van der Waals surface area contributed by atoms with Crippen LogP contribution < -0.4 is 5.32 Å². The van der Waals surface area contributed by atoms with Crippen LogP contribution in [0.5, 0.6) is 0 Å². The van der Waals surface area contributed by atoms with Gasteiger partial charge < -0.3 is 15.3 Å². The van der Waals surface area contributed by atoms with E-state index in [1.54, 1.807) is 7.05 Å². The Kier molecular flexibility index (Phi) is 5.23. The van der Waals surface area contributed by atoms with E-state index in [0.717, 1.165) is 6.07 Å². The fourth-order valence-electron chi connectivity index (χ4n) is 1.64. The summed E-state index contributed by atoms with van der Waals surface area (Å²) in [5, 5.41) is 11.0. The predicted octanol–water partition coefficient (Wildman–Crippen LogP) is 3.17. The van der Waals surface area contributed by atoms with Crippen molar-refractivity contribution in [2.24, 2.45) is 5.92 Å². The fourth-order valence-corrected chi connectivity index (χ4v) is 1.64. The molecular formula is C14H18F2N2O3. The highest BCUT2D eigenvalue weighted by molar-refractivity contribution is 5.93. The van der Waals surface area contributed by atoms with Gasteiger partial charge in [-0.2, -0.15) is 0 Å². The highest BCUT2D eigenvalue weighted by Crippen LogP contribution is 2.20. The largest absolute Gasteiger partial charge is 0.478 e. The minimum absolute atomic E-state index is 0.104. The van der Waals surface area contributed by atoms with Crippen molar-refractivity contribution in [2.45, 2.75) is 26.8 Å². The molecule has 0 radical (unpaired) electrons. The molecule has 1 rings (SSSR count). The minimum atomic E-state index is -1.54. The van der Waals surface area contributed by atoms with Gasteiger partial charge >= 0.3 is 12.0 Å². The zero-order chi connectivity index (χ0) is 16.3. The maximum absolute atomic E-state index is 13.6. The first-order valence-electron chi connectivity index (χ1n) is 6.41. The van der Waals surface area contributed by atoms with Crippen LogP contribution in [0.15, 0.2) is 12.1 Å². The molecule has 5 nitrogen and oxygen atoms in total. The molecule has 0 aliphatic heterocycles. The molecule has 0 saturated carbocycles. The van der Waals surface area contributed by atoms with E-state index in [2.05, 4.69) is 5.32 Å². The second kappa shape index (κ2) is 6.51. The van der Waals surface area contributed by atoms with Gasteiger partial charge in [-0.3, -0.25) is 0 Å². The van der Waals surface area contributed by atoms with Crippen molar-refractivity contribution < 1.29 is 23.5 Å². The summed E-state index contributed by atoms with van der Waals surface area (Å²) >= 11 is 0. The number of carbonyl (C=O) groups is 2. The van der Waals surface area contributed by atoms with E-state index < -0.39 is 29.2 Å². The van der Waals surface area contributed by atoms with Gasteiger partial charge in [-0.1, -0.05) is 13.8 Å². The number of carbonyl (C=O) groups excluding carboxylic acids is 1. The second-order valence-corrected chi connectivity index (χ2v) is 5.14. The van der Waals surface area contributed by atoms with Crippen molar-refractivity contribution in [1.82, 2.24) is 4.90 Å². The Hall–Kier alpha value is -2.18. The first-order valence-corrected chi connectivity index (χ1v) is 6.41. The lowest BCUT2D eigenvalue weighted by Gasteiger charge is -2.28. The lowest BCUT2D eigenvalue weighted by atomic mass is 10.1. The lowest BCUT2D eigenvalue weighted by molar-refractivity contribution is 0.0691. The standard InChI is InChI=1S/C14H18F2N2O3/c1-7(2)8(3)18(4)14(21)17-12-5-9(13(19)20)10(15)6-11(12)16/h5-8H,1-4H3,(H,17,21)(H,19,20). The highest BCUT2D eigenvalue weighted by Gasteiger charge is 2.21. The van der Waals surface area contributed by atoms with Gasteiger partial charge in [0.2, 0.25) is 0 Å². The van der Waals surface area contributed by atoms with Crippen LogP contribution in [0.3, 0.4) is 0 Å². The number of nitrogens with zero attached hydrogens (tertiary/aromatic N) is 1. The fraction of sp³-hybridized carbons (Fsp3) is 0.429. The van der Waals surface area contributed by atoms with E-state index in [1.165, 1.54) is 4.90 Å². The average molecular weight is 300 g/mol. The first-order chi connectivity index (χ1) is 9.65. The number of benzene rings is 1. The number of nitrogens with one attached hydrogen (secondary N) is 1. The molecule has 0 heterocycles. The number of hydrogen-bond acceptors (Lipinski definition) is 2. The number of aromatic carboxylic acids is 1. The van der Waals surface area contributed by atoms with Gasteiger partial charge in [0, 0.05) is 19.2 Å². The van der Waals surface area contributed by atoms with E-state index in [0.29, 0.717) is 6.07 Å². The number of carboxylic acid groups (broad SMARTS) is 1.